The van der Waals surface area contributed by atoms with Crippen LogP contribution in [0.3, 0.4) is 0 Å². The normalized spacial score (nSPS) is 11.4. The highest BCUT2D eigenvalue weighted by atomic mass is 35.5. The fourth-order valence-corrected chi connectivity index (χ4v) is 4.30. The Morgan fingerprint density at radius 3 is 2.54 bits per heavy atom. The molecule has 0 unspecified atom stereocenters. The van der Waals surface area contributed by atoms with Gasteiger partial charge in [-0.3, -0.25) is 14.9 Å². The number of halogens is 2. The Labute approximate surface area is 221 Å². The Morgan fingerprint density at radius 1 is 1.14 bits per heavy atom. The molecule has 0 aliphatic rings. The van der Waals surface area contributed by atoms with Crippen molar-refractivity contribution in [1.82, 2.24) is 0 Å². The van der Waals surface area contributed by atoms with Gasteiger partial charge in [-0.1, -0.05) is 41.4 Å². The van der Waals surface area contributed by atoms with Gasteiger partial charge in [0.25, 0.3) is 11.6 Å². The molecule has 0 radical (unpaired) electrons. The molecule has 0 aromatic heterocycles. The van der Waals surface area contributed by atoms with Crippen molar-refractivity contribution in [1.29, 1.82) is 5.26 Å². The van der Waals surface area contributed by atoms with Crippen LogP contribution in [0.15, 0.2) is 71.1 Å². The van der Waals surface area contributed by atoms with Gasteiger partial charge in [-0.25, -0.2) is 0 Å². The minimum Gasteiger partial charge on any atom is -0.490 e. The first-order valence-corrected chi connectivity index (χ1v) is 12.5. The highest BCUT2D eigenvalue weighted by Crippen LogP contribution is 2.33. The van der Waals surface area contributed by atoms with Crippen LogP contribution in [-0.4, -0.2) is 25.9 Å². The van der Waals surface area contributed by atoms with Crippen LogP contribution >= 0.6 is 23.2 Å². The summed E-state index contributed by atoms with van der Waals surface area (Å²) in [5.74, 6) is -0.946. The van der Waals surface area contributed by atoms with Crippen molar-refractivity contribution in [2.75, 3.05) is 11.9 Å². The predicted octanol–water partition coefficient (Wildman–Crippen LogP) is 5.61. The number of carbonyl (C=O) groups excluding carboxylic acids is 1. The van der Waals surface area contributed by atoms with Gasteiger partial charge >= 0.3 is 10.1 Å². The molecule has 10 nitrogen and oxygen atoms in total. The second-order valence-electron chi connectivity index (χ2n) is 7.16. The van der Waals surface area contributed by atoms with E-state index in [1.807, 2.05) is 0 Å². The number of benzene rings is 3. The molecule has 0 spiro atoms. The maximum atomic E-state index is 12.7. The number of nitriles is 1. The van der Waals surface area contributed by atoms with Gasteiger partial charge in [-0.2, -0.15) is 13.7 Å². The molecule has 0 saturated heterocycles. The van der Waals surface area contributed by atoms with Crippen LogP contribution in [0.5, 0.6) is 11.5 Å². The lowest BCUT2D eigenvalue weighted by Gasteiger charge is -2.13. The van der Waals surface area contributed by atoms with Crippen molar-refractivity contribution >= 4 is 56.7 Å². The number of carbonyl (C=O) groups is 1. The van der Waals surface area contributed by atoms with Crippen LogP contribution in [0.1, 0.15) is 12.5 Å². The minimum atomic E-state index is -4.45. The third kappa shape index (κ3) is 6.77. The molecule has 0 bridgehead atoms. The van der Waals surface area contributed by atoms with Crippen molar-refractivity contribution in [2.45, 2.75) is 11.8 Å². The zero-order valence-corrected chi connectivity index (χ0v) is 21.3. The quantitative estimate of drug-likeness (QED) is 0.116. The Balaban J connectivity index is 1.90. The van der Waals surface area contributed by atoms with Gasteiger partial charge in [0.1, 0.15) is 16.5 Å². The molecule has 13 heteroatoms. The van der Waals surface area contributed by atoms with Crippen LogP contribution in [0, 0.1) is 21.4 Å². The standard InChI is InChI=1S/C24H17Cl2N3O7S/c1-2-35-22-12-15(11-16(14-27)24(30)28-20-8-4-7-19(25)23(20)26)9-10-21(22)36-37(33,34)18-6-3-5-17(13-18)29(31)32/h3-13H,2H2,1H3,(H,28,30)/b16-11+. The second-order valence-corrected chi connectivity index (χ2v) is 9.49. The highest BCUT2D eigenvalue weighted by molar-refractivity contribution is 7.87. The fraction of sp³-hybridized carbons (Fsp3) is 0.0833. The summed E-state index contributed by atoms with van der Waals surface area (Å²) in [6.45, 7) is 1.80. The van der Waals surface area contributed by atoms with Crippen molar-refractivity contribution in [2.24, 2.45) is 0 Å². The molecule has 37 heavy (non-hydrogen) atoms. The minimum absolute atomic E-state index is 0.000777. The van der Waals surface area contributed by atoms with Gasteiger partial charge in [0.2, 0.25) is 0 Å². The summed E-state index contributed by atoms with van der Waals surface area (Å²) in [4.78, 5) is 22.5. The smallest absolute Gasteiger partial charge is 0.339 e. The summed E-state index contributed by atoms with van der Waals surface area (Å²) >= 11 is 12.0. The van der Waals surface area contributed by atoms with Gasteiger partial charge in [-0.05, 0) is 48.9 Å². The first-order valence-electron chi connectivity index (χ1n) is 10.4. The number of non-ortho nitro benzene ring substituents is 1. The van der Waals surface area contributed by atoms with E-state index in [0.29, 0.717) is 5.56 Å². The summed E-state index contributed by atoms with van der Waals surface area (Å²) in [5, 5.41) is 23.3. The summed E-state index contributed by atoms with van der Waals surface area (Å²) in [6.07, 6.45) is 1.26. The summed E-state index contributed by atoms with van der Waals surface area (Å²) in [6, 6.07) is 14.9. The summed E-state index contributed by atoms with van der Waals surface area (Å²) in [7, 11) is -4.45. The summed E-state index contributed by atoms with van der Waals surface area (Å²) in [5.41, 5.74) is -0.161. The van der Waals surface area contributed by atoms with Crippen LogP contribution in [0.25, 0.3) is 6.08 Å². The lowest BCUT2D eigenvalue weighted by molar-refractivity contribution is -0.385. The van der Waals surface area contributed by atoms with Gasteiger partial charge in [0, 0.05) is 12.1 Å². The van der Waals surface area contributed by atoms with Gasteiger partial charge < -0.3 is 14.2 Å². The van der Waals surface area contributed by atoms with E-state index in [-0.39, 0.29) is 39.4 Å². The topological polar surface area (TPSA) is 149 Å². The molecule has 0 heterocycles. The number of nitrogens with zero attached hydrogens (tertiary/aromatic N) is 2. The lowest BCUT2D eigenvalue weighted by Crippen LogP contribution is -2.14. The maximum absolute atomic E-state index is 12.7. The number of nitro benzene ring substituents is 1. The van der Waals surface area contributed by atoms with E-state index in [9.17, 15) is 28.6 Å². The van der Waals surface area contributed by atoms with E-state index in [0.717, 1.165) is 18.2 Å². The molecule has 3 rings (SSSR count). The Morgan fingerprint density at radius 2 is 1.86 bits per heavy atom. The molecule has 0 aliphatic carbocycles. The van der Waals surface area contributed by atoms with E-state index < -0.39 is 31.5 Å². The monoisotopic (exact) mass is 561 g/mol. The molecule has 0 saturated carbocycles. The Kier molecular flexibility index (Phi) is 8.73. The van der Waals surface area contributed by atoms with Crippen molar-refractivity contribution in [3.8, 4) is 17.6 Å². The Hall–Kier alpha value is -4.11. The van der Waals surface area contributed by atoms with Crippen LogP contribution in [0.2, 0.25) is 10.0 Å². The molecule has 3 aromatic rings. The molecular weight excluding hydrogens is 545 g/mol. The molecular formula is C24H17Cl2N3O7S. The number of hydrogen-bond acceptors (Lipinski definition) is 8. The van der Waals surface area contributed by atoms with Gasteiger partial charge in [0.05, 0.1) is 27.3 Å². The van der Waals surface area contributed by atoms with Crippen LogP contribution < -0.4 is 14.2 Å². The van der Waals surface area contributed by atoms with Crippen LogP contribution in [-0.2, 0) is 14.9 Å². The second kappa shape index (κ2) is 11.7. The zero-order valence-electron chi connectivity index (χ0n) is 19.0. The molecule has 190 valence electrons. The van der Waals surface area contributed by atoms with E-state index in [1.165, 1.54) is 36.4 Å². The predicted molar refractivity (Wildman–Crippen MR) is 137 cm³/mol. The molecule has 1 N–H and O–H groups in total. The van der Waals surface area contributed by atoms with Crippen molar-refractivity contribution in [3.05, 3.63) is 92.0 Å². The Bertz CT molecular complexity index is 1550. The third-order valence-electron chi connectivity index (χ3n) is 4.66. The van der Waals surface area contributed by atoms with E-state index in [1.54, 1.807) is 25.1 Å². The number of amides is 1. The van der Waals surface area contributed by atoms with Crippen molar-refractivity contribution < 1.29 is 27.1 Å². The van der Waals surface area contributed by atoms with E-state index in [4.69, 9.17) is 32.1 Å². The fourth-order valence-electron chi connectivity index (χ4n) is 2.98. The highest BCUT2D eigenvalue weighted by Gasteiger charge is 2.22. The first-order chi connectivity index (χ1) is 17.6. The van der Waals surface area contributed by atoms with Crippen molar-refractivity contribution in [3.63, 3.8) is 0 Å². The molecule has 0 atom stereocenters. The number of ether oxygens (including phenoxy) is 1. The summed E-state index contributed by atoms with van der Waals surface area (Å²) < 4.78 is 36.1. The molecule has 0 aliphatic heterocycles. The lowest BCUT2D eigenvalue weighted by atomic mass is 10.1. The molecule has 1 amide bonds. The van der Waals surface area contributed by atoms with E-state index >= 15 is 0 Å². The molecule has 3 aromatic carbocycles. The first kappa shape index (κ1) is 27.5. The molecule has 0 fully saturated rings. The SMILES string of the molecule is CCOc1cc(/C=C(\C#N)C(=O)Nc2cccc(Cl)c2Cl)ccc1OS(=O)(=O)c1cccc([N+](=O)[O-])c1. The largest absolute Gasteiger partial charge is 0.490 e. The average molecular weight is 562 g/mol. The zero-order chi connectivity index (χ0) is 27.2. The third-order valence-corrected chi connectivity index (χ3v) is 6.71. The number of nitro groups is 1. The maximum Gasteiger partial charge on any atom is 0.339 e. The van der Waals surface area contributed by atoms with E-state index in [2.05, 4.69) is 5.32 Å². The van der Waals surface area contributed by atoms with Crippen LogP contribution in [0.4, 0.5) is 11.4 Å². The number of nitrogens with one attached hydrogen (secondary N) is 1. The number of hydrogen-bond donors (Lipinski definition) is 1. The number of rotatable bonds is 9. The van der Waals surface area contributed by atoms with Gasteiger partial charge in [-0.15, -0.1) is 0 Å². The average Bonchev–Trinajstić information content (AvgIpc) is 2.86. The van der Waals surface area contributed by atoms with Gasteiger partial charge in [0.15, 0.2) is 11.5 Å². The number of anilines is 1.